The summed E-state index contributed by atoms with van der Waals surface area (Å²) in [5.41, 5.74) is 7.18. The third kappa shape index (κ3) is 11.0. The summed E-state index contributed by atoms with van der Waals surface area (Å²) in [4.78, 5) is 79.8. The predicted octanol–water partition coefficient (Wildman–Crippen LogP) is 3.68. The first-order chi connectivity index (χ1) is 24.8. The number of hydrogen-bond donors (Lipinski definition) is 3. The Morgan fingerprint density at radius 2 is 1.46 bits per heavy atom. The van der Waals surface area contributed by atoms with E-state index in [9.17, 15) is 28.8 Å². The van der Waals surface area contributed by atoms with Gasteiger partial charge in [-0.1, -0.05) is 78.9 Å². The fourth-order valence-corrected chi connectivity index (χ4v) is 5.66. The Hall–Kier alpha value is -5.98. The fourth-order valence-electron chi connectivity index (χ4n) is 5.66. The Balaban J connectivity index is 1.69. The van der Waals surface area contributed by atoms with Crippen molar-refractivity contribution in [3.8, 4) is 0 Å². The number of hydrogen-bond acceptors (Lipinski definition) is 8. The first-order valence-corrected chi connectivity index (χ1v) is 16.9. The number of esters is 1. The molecule has 0 aliphatic rings. The first-order valence-electron chi connectivity index (χ1n) is 16.9. The van der Waals surface area contributed by atoms with E-state index >= 15 is 0 Å². The van der Waals surface area contributed by atoms with E-state index in [1.165, 1.54) is 16.5 Å². The lowest BCUT2D eigenvalue weighted by Gasteiger charge is -2.31. The van der Waals surface area contributed by atoms with E-state index in [0.717, 1.165) is 11.1 Å². The second-order valence-electron chi connectivity index (χ2n) is 13.4. The molecule has 1 heterocycles. The number of nitrogens with one attached hydrogen (secondary N) is 2. The molecule has 0 aliphatic carbocycles. The van der Waals surface area contributed by atoms with Crippen LogP contribution in [-0.2, 0) is 52.9 Å². The summed E-state index contributed by atoms with van der Waals surface area (Å²) in [7, 11) is 1.46. The number of nitrogens with zero attached hydrogens (tertiary/aromatic N) is 2. The second-order valence-corrected chi connectivity index (χ2v) is 13.4. The van der Waals surface area contributed by atoms with Crippen molar-refractivity contribution in [1.82, 2.24) is 20.1 Å². The van der Waals surface area contributed by atoms with E-state index in [-0.39, 0.29) is 32.3 Å². The van der Waals surface area contributed by atoms with Crippen molar-refractivity contribution < 1.29 is 38.2 Å². The first kappa shape index (κ1) is 38.8. The number of amides is 4. The van der Waals surface area contributed by atoms with Crippen LogP contribution < -0.4 is 16.4 Å². The number of alkyl carbamates (subject to hydrolysis) is 1. The van der Waals surface area contributed by atoms with Crippen molar-refractivity contribution in [2.24, 2.45) is 5.73 Å². The van der Waals surface area contributed by atoms with Crippen LogP contribution in [0, 0.1) is 0 Å². The highest BCUT2D eigenvalue weighted by atomic mass is 16.6. The maximum absolute atomic E-state index is 14.5. The number of nitrogens with two attached hydrogens (primary N) is 1. The van der Waals surface area contributed by atoms with Gasteiger partial charge in [-0.05, 0) is 49.9 Å². The third-order valence-electron chi connectivity index (χ3n) is 8.25. The van der Waals surface area contributed by atoms with Gasteiger partial charge in [-0.2, -0.15) is 0 Å². The second kappa shape index (κ2) is 17.8. The topological polar surface area (TPSA) is 179 Å². The summed E-state index contributed by atoms with van der Waals surface area (Å²) in [6.45, 7) is 4.95. The minimum absolute atomic E-state index is 0.0176. The maximum atomic E-state index is 14.5. The highest BCUT2D eigenvalue weighted by Crippen LogP contribution is 2.23. The zero-order valence-corrected chi connectivity index (χ0v) is 29.7. The van der Waals surface area contributed by atoms with Gasteiger partial charge < -0.3 is 30.7 Å². The standard InChI is InChI=1S/C39H45N5O8/c1-39(2,3)52-38(50)42-30(19-20-34(40)46)35(47)41-31(22-28-23-44(25-45)32-18-12-11-17-29(28)32)36(48)43(4)33(21-26-13-7-5-8-14-26)37(49)51-24-27-15-9-6-10-16-27/h5-18,23,25,30-31,33H,19-22,24H2,1-4H3,(H2,40,46)(H,41,47)(H,42,50)/t30-,31+,33-/m0/s1. The van der Waals surface area contributed by atoms with Gasteiger partial charge in [0.2, 0.25) is 24.1 Å². The molecule has 13 heteroatoms. The molecule has 4 aromatic rings. The summed E-state index contributed by atoms with van der Waals surface area (Å²) in [6.07, 6.45) is 0.899. The lowest BCUT2D eigenvalue weighted by molar-refractivity contribution is -0.156. The van der Waals surface area contributed by atoms with E-state index in [2.05, 4.69) is 10.6 Å². The van der Waals surface area contributed by atoms with E-state index in [1.54, 1.807) is 51.2 Å². The van der Waals surface area contributed by atoms with Crippen molar-refractivity contribution in [2.45, 2.75) is 76.8 Å². The molecule has 0 bridgehead atoms. The number of carbonyl (C=O) groups is 6. The van der Waals surface area contributed by atoms with Crippen LogP contribution in [-0.4, -0.2) is 76.4 Å². The van der Waals surface area contributed by atoms with Gasteiger partial charge in [-0.3, -0.25) is 23.7 Å². The van der Waals surface area contributed by atoms with Gasteiger partial charge in [0.05, 0.1) is 5.52 Å². The molecule has 13 nitrogen and oxygen atoms in total. The summed E-state index contributed by atoms with van der Waals surface area (Å²) >= 11 is 0. The predicted molar refractivity (Wildman–Crippen MR) is 194 cm³/mol. The Labute approximate surface area is 302 Å². The Kier molecular flexibility index (Phi) is 13.3. The van der Waals surface area contributed by atoms with Gasteiger partial charge in [0.25, 0.3) is 0 Å². The van der Waals surface area contributed by atoms with Crippen LogP contribution in [0.3, 0.4) is 0 Å². The molecule has 0 fully saturated rings. The molecular formula is C39H45N5O8. The molecule has 0 aliphatic heterocycles. The number of fused-ring (bicyclic) bond motifs is 1. The number of aromatic nitrogens is 1. The SMILES string of the molecule is CN(C(=O)[C@@H](Cc1cn(C=O)c2ccccc12)NC(=O)[C@H](CCC(N)=O)NC(=O)OC(C)(C)C)[C@@H](Cc1ccccc1)C(=O)OCc1ccccc1. The Bertz CT molecular complexity index is 1870. The summed E-state index contributed by atoms with van der Waals surface area (Å²) < 4.78 is 12.4. The Morgan fingerprint density at radius 3 is 2.08 bits per heavy atom. The van der Waals surface area contributed by atoms with Crippen molar-refractivity contribution >= 4 is 47.1 Å². The van der Waals surface area contributed by atoms with E-state index in [1.807, 2.05) is 60.7 Å². The van der Waals surface area contributed by atoms with Crippen molar-refractivity contribution in [1.29, 1.82) is 0 Å². The molecule has 3 aromatic carbocycles. The quantitative estimate of drug-likeness (QED) is 0.116. The monoisotopic (exact) mass is 711 g/mol. The van der Waals surface area contributed by atoms with Crippen LogP contribution in [0.25, 0.3) is 10.9 Å². The number of ether oxygens (including phenoxy) is 2. The van der Waals surface area contributed by atoms with Crippen LogP contribution in [0.4, 0.5) is 4.79 Å². The molecule has 0 unspecified atom stereocenters. The molecule has 1 aromatic heterocycles. The maximum Gasteiger partial charge on any atom is 0.408 e. The molecule has 274 valence electrons. The van der Waals surface area contributed by atoms with Gasteiger partial charge in [-0.25, -0.2) is 9.59 Å². The lowest BCUT2D eigenvalue weighted by atomic mass is 10.0. The fraction of sp³-hybridized carbons (Fsp3) is 0.333. The van der Waals surface area contributed by atoms with Gasteiger partial charge in [0.15, 0.2) is 0 Å². The summed E-state index contributed by atoms with van der Waals surface area (Å²) in [5, 5.41) is 5.90. The third-order valence-corrected chi connectivity index (χ3v) is 8.25. The minimum Gasteiger partial charge on any atom is -0.459 e. The zero-order chi connectivity index (χ0) is 37.8. The van der Waals surface area contributed by atoms with Crippen LogP contribution in [0.15, 0.2) is 91.1 Å². The highest BCUT2D eigenvalue weighted by molar-refractivity contribution is 5.95. The molecule has 4 N–H and O–H groups in total. The molecule has 4 rings (SSSR count). The molecule has 0 radical (unpaired) electrons. The van der Waals surface area contributed by atoms with E-state index in [0.29, 0.717) is 22.9 Å². The zero-order valence-electron chi connectivity index (χ0n) is 29.7. The normalized spacial score (nSPS) is 12.9. The smallest absolute Gasteiger partial charge is 0.408 e. The van der Waals surface area contributed by atoms with Gasteiger partial charge in [0.1, 0.15) is 30.3 Å². The number of likely N-dealkylation sites (N-methyl/N-ethyl adjacent to an activating group) is 1. The van der Waals surface area contributed by atoms with Crippen LogP contribution in [0.1, 0.15) is 50.3 Å². The summed E-state index contributed by atoms with van der Waals surface area (Å²) in [5.74, 6) is -2.78. The number of primary amides is 1. The van der Waals surface area contributed by atoms with Crippen LogP contribution in [0.5, 0.6) is 0 Å². The highest BCUT2D eigenvalue weighted by Gasteiger charge is 2.36. The molecule has 3 atom stereocenters. The molecule has 52 heavy (non-hydrogen) atoms. The number of para-hydroxylation sites is 1. The van der Waals surface area contributed by atoms with Gasteiger partial charge >= 0.3 is 12.1 Å². The van der Waals surface area contributed by atoms with Gasteiger partial charge in [-0.15, -0.1) is 0 Å². The molecular weight excluding hydrogens is 666 g/mol. The van der Waals surface area contributed by atoms with Crippen molar-refractivity contribution in [2.75, 3.05) is 7.05 Å². The number of benzene rings is 3. The van der Waals surface area contributed by atoms with E-state index in [4.69, 9.17) is 15.2 Å². The van der Waals surface area contributed by atoms with E-state index < -0.39 is 53.5 Å². The number of rotatable bonds is 16. The van der Waals surface area contributed by atoms with Gasteiger partial charge in [0, 0.05) is 37.9 Å². The molecule has 0 spiro atoms. The van der Waals surface area contributed by atoms with Crippen LogP contribution >= 0.6 is 0 Å². The lowest BCUT2D eigenvalue weighted by Crippen LogP contribution is -2.57. The molecule has 0 saturated carbocycles. The average Bonchev–Trinajstić information content (AvgIpc) is 3.47. The number of carbonyl (C=O) groups excluding carboxylic acids is 6. The minimum atomic E-state index is -1.31. The summed E-state index contributed by atoms with van der Waals surface area (Å²) in [6, 6.07) is 21.6. The molecule has 4 amide bonds. The van der Waals surface area contributed by atoms with Crippen molar-refractivity contribution in [3.63, 3.8) is 0 Å². The van der Waals surface area contributed by atoms with Crippen molar-refractivity contribution in [3.05, 3.63) is 108 Å². The Morgan fingerprint density at radius 1 is 0.846 bits per heavy atom. The molecule has 0 saturated heterocycles. The average molecular weight is 712 g/mol. The largest absolute Gasteiger partial charge is 0.459 e. The van der Waals surface area contributed by atoms with Crippen LogP contribution in [0.2, 0.25) is 0 Å².